The van der Waals surface area contributed by atoms with Crippen molar-refractivity contribution in [3.05, 3.63) is 0 Å². The lowest BCUT2D eigenvalue weighted by Gasteiger charge is -2.51. The Labute approximate surface area is 111 Å². The van der Waals surface area contributed by atoms with Gasteiger partial charge in [-0.15, -0.1) is 0 Å². The van der Waals surface area contributed by atoms with Crippen molar-refractivity contribution in [2.24, 2.45) is 0 Å². The second-order valence-corrected chi connectivity index (χ2v) is 5.00. The summed E-state index contributed by atoms with van der Waals surface area (Å²) in [5.41, 5.74) is -8.46. The lowest BCUT2D eigenvalue weighted by molar-refractivity contribution is -0.470. The molecule has 0 saturated carbocycles. The summed E-state index contributed by atoms with van der Waals surface area (Å²) in [5, 5.41) is 18.3. The molecule has 0 aromatic rings. The van der Waals surface area contributed by atoms with Crippen LogP contribution in [0.15, 0.2) is 0 Å². The number of halogens is 9. The maximum absolute atomic E-state index is 12.7. The van der Waals surface area contributed by atoms with Gasteiger partial charge in [0.2, 0.25) is 0 Å². The lowest BCUT2D eigenvalue weighted by atomic mass is 9.78. The Hall–Kier alpha value is -0.750. The second-order valence-electron chi connectivity index (χ2n) is 5.00. The topological polar surface area (TPSA) is 49.7 Å². The zero-order valence-corrected chi connectivity index (χ0v) is 10.1. The van der Waals surface area contributed by atoms with Gasteiger partial charge in [0.1, 0.15) is 0 Å². The number of alkyl halides is 9. The minimum Gasteiger partial charge on any atom is -0.380 e. The van der Waals surface area contributed by atoms with Gasteiger partial charge in [0.15, 0.2) is 11.2 Å². The van der Waals surface area contributed by atoms with Crippen molar-refractivity contribution in [3.8, 4) is 0 Å². The largest absolute Gasteiger partial charge is 0.443 e. The minimum atomic E-state index is -5.97. The number of ether oxygens (including phenoxy) is 1. The Bertz CT molecular complexity index is 340. The molecule has 1 rings (SSSR count). The summed E-state index contributed by atoms with van der Waals surface area (Å²) in [6.07, 6.45) is -22.2. The molecule has 0 unspecified atom stereocenters. The molecule has 0 aliphatic carbocycles. The molecule has 1 heterocycles. The fourth-order valence-electron chi connectivity index (χ4n) is 1.98. The summed E-state index contributed by atoms with van der Waals surface area (Å²) >= 11 is 0. The molecule has 0 aromatic heterocycles. The van der Waals surface area contributed by atoms with Gasteiger partial charge in [0.05, 0.1) is 0 Å². The van der Waals surface area contributed by atoms with Gasteiger partial charge in [-0.3, -0.25) is 0 Å². The van der Waals surface area contributed by atoms with Crippen molar-refractivity contribution in [2.75, 3.05) is 0 Å². The first-order valence-electron chi connectivity index (χ1n) is 5.22. The Balaban J connectivity index is 3.44. The van der Waals surface area contributed by atoms with Gasteiger partial charge in [-0.1, -0.05) is 0 Å². The van der Waals surface area contributed by atoms with Gasteiger partial charge in [-0.25, -0.2) is 0 Å². The number of aliphatic hydroxyl groups is 2. The molecule has 1 saturated heterocycles. The Morgan fingerprint density at radius 2 is 1.19 bits per heavy atom. The zero-order valence-electron chi connectivity index (χ0n) is 10.1. The van der Waals surface area contributed by atoms with Gasteiger partial charge in [-0.05, 0) is 6.92 Å². The van der Waals surface area contributed by atoms with Crippen LogP contribution in [0.2, 0.25) is 0 Å². The van der Waals surface area contributed by atoms with E-state index in [9.17, 15) is 44.6 Å². The normalized spacial score (nSPS) is 39.4. The molecule has 0 radical (unpaired) electrons. The smallest absolute Gasteiger partial charge is 0.380 e. The summed E-state index contributed by atoms with van der Waals surface area (Å²) in [6, 6.07) is 0. The summed E-state index contributed by atoms with van der Waals surface area (Å²) < 4.78 is 117. The molecule has 1 aliphatic rings. The first kappa shape index (κ1) is 18.3. The molecule has 12 heteroatoms. The summed E-state index contributed by atoms with van der Waals surface area (Å²) in [5.74, 6) is -4.79. The van der Waals surface area contributed by atoms with Crippen LogP contribution in [-0.4, -0.2) is 45.7 Å². The lowest BCUT2D eigenvalue weighted by Crippen LogP contribution is -2.70. The Morgan fingerprint density at radius 3 is 1.48 bits per heavy atom. The van der Waals surface area contributed by atoms with Crippen LogP contribution in [0.4, 0.5) is 39.5 Å². The fraction of sp³-hybridized carbons (Fsp3) is 1.00. The van der Waals surface area contributed by atoms with E-state index in [1.165, 1.54) is 0 Å². The molecule has 3 atom stereocenters. The molecule has 3 nitrogen and oxygen atoms in total. The number of hydrogen-bond donors (Lipinski definition) is 2. The van der Waals surface area contributed by atoms with Crippen LogP contribution < -0.4 is 0 Å². The molecule has 126 valence electrons. The highest BCUT2D eigenvalue weighted by Crippen LogP contribution is 2.56. The van der Waals surface area contributed by atoms with Crippen LogP contribution in [-0.2, 0) is 4.74 Å². The van der Waals surface area contributed by atoms with Crippen molar-refractivity contribution in [2.45, 2.75) is 55.3 Å². The van der Waals surface area contributed by atoms with E-state index in [2.05, 4.69) is 4.74 Å². The minimum absolute atomic E-state index is 0.112. The van der Waals surface area contributed by atoms with Gasteiger partial charge in [0.25, 0.3) is 5.79 Å². The van der Waals surface area contributed by atoms with E-state index in [1.807, 2.05) is 0 Å². The molecular weight excluding hydrogens is 327 g/mol. The zero-order chi connectivity index (χ0) is 17.1. The van der Waals surface area contributed by atoms with E-state index in [-0.39, 0.29) is 6.92 Å². The van der Waals surface area contributed by atoms with Gasteiger partial charge in [0, 0.05) is 12.8 Å². The monoisotopic (exact) mass is 336 g/mol. The third-order valence-corrected chi connectivity index (χ3v) is 3.13. The van der Waals surface area contributed by atoms with Crippen LogP contribution in [0.3, 0.4) is 0 Å². The summed E-state index contributed by atoms with van der Waals surface area (Å²) in [4.78, 5) is 0. The van der Waals surface area contributed by atoms with E-state index in [4.69, 9.17) is 5.11 Å². The molecule has 0 bridgehead atoms. The van der Waals surface area contributed by atoms with Crippen LogP contribution >= 0.6 is 0 Å². The van der Waals surface area contributed by atoms with E-state index in [1.54, 1.807) is 0 Å². The molecule has 0 amide bonds. The maximum atomic E-state index is 12.7. The maximum Gasteiger partial charge on any atom is 0.443 e. The SMILES string of the molecule is C[C@]1(C(F)(F)F)C[C@](O)(C(F)(F)F)C[C@](O)(C(F)(F)F)O1. The van der Waals surface area contributed by atoms with E-state index < -0.39 is 48.4 Å². The van der Waals surface area contributed by atoms with Crippen LogP contribution in [0, 0.1) is 0 Å². The first-order chi connectivity index (χ1) is 8.87. The first-order valence-corrected chi connectivity index (χ1v) is 5.22. The average Bonchev–Trinajstić information content (AvgIpc) is 2.09. The second kappa shape index (κ2) is 4.38. The molecule has 2 N–H and O–H groups in total. The van der Waals surface area contributed by atoms with Crippen molar-refractivity contribution in [3.63, 3.8) is 0 Å². The average molecular weight is 336 g/mol. The highest BCUT2D eigenvalue weighted by atomic mass is 19.4. The van der Waals surface area contributed by atoms with E-state index in [0.29, 0.717) is 0 Å². The number of hydrogen-bond acceptors (Lipinski definition) is 3. The molecule has 1 aliphatic heterocycles. The quantitative estimate of drug-likeness (QED) is 0.669. The van der Waals surface area contributed by atoms with Crippen molar-refractivity contribution in [1.82, 2.24) is 0 Å². The van der Waals surface area contributed by atoms with Gasteiger partial charge < -0.3 is 14.9 Å². The molecule has 1 fully saturated rings. The van der Waals surface area contributed by atoms with E-state index in [0.717, 1.165) is 0 Å². The standard InChI is InChI=1S/C9H9F9O3/c1-4(7(10,11)12)2-5(19,8(13,14)15)3-6(20,21-4)9(16,17)18/h19-20H,2-3H2,1H3/t4-,5-,6-/m1/s1. The van der Waals surface area contributed by atoms with Gasteiger partial charge >= 0.3 is 18.5 Å². The molecule has 0 spiro atoms. The predicted octanol–water partition coefficient (Wildman–Crippen LogP) is 2.66. The Kier molecular flexibility index (Phi) is 3.82. The molecular formula is C9H9F9O3. The highest BCUT2D eigenvalue weighted by molar-refractivity contribution is 5.06. The number of rotatable bonds is 0. The van der Waals surface area contributed by atoms with Crippen molar-refractivity contribution in [1.29, 1.82) is 0 Å². The molecule has 0 aromatic carbocycles. The highest BCUT2D eigenvalue weighted by Gasteiger charge is 2.75. The van der Waals surface area contributed by atoms with E-state index >= 15 is 0 Å². The van der Waals surface area contributed by atoms with Crippen LogP contribution in [0.25, 0.3) is 0 Å². The third-order valence-electron chi connectivity index (χ3n) is 3.13. The summed E-state index contributed by atoms with van der Waals surface area (Å²) in [7, 11) is 0. The third kappa shape index (κ3) is 2.93. The Morgan fingerprint density at radius 1 is 0.762 bits per heavy atom. The fourth-order valence-corrected chi connectivity index (χ4v) is 1.98. The van der Waals surface area contributed by atoms with Crippen molar-refractivity contribution >= 4 is 0 Å². The van der Waals surface area contributed by atoms with Gasteiger partial charge in [-0.2, -0.15) is 39.5 Å². The van der Waals surface area contributed by atoms with Crippen LogP contribution in [0.5, 0.6) is 0 Å². The predicted molar refractivity (Wildman–Crippen MR) is 46.8 cm³/mol. The van der Waals surface area contributed by atoms with Crippen LogP contribution in [0.1, 0.15) is 19.8 Å². The summed E-state index contributed by atoms with van der Waals surface area (Å²) in [6.45, 7) is -0.112. The van der Waals surface area contributed by atoms with Crippen molar-refractivity contribution < 1.29 is 54.5 Å². The molecule has 21 heavy (non-hydrogen) atoms.